The second-order valence-corrected chi connectivity index (χ2v) is 7.46. The minimum Gasteiger partial charge on any atom is -0.313 e. The van der Waals surface area contributed by atoms with Crippen molar-refractivity contribution in [3.05, 3.63) is 35.4 Å². The van der Waals surface area contributed by atoms with Crippen LogP contribution in [0.4, 0.5) is 0 Å². The normalized spacial score (nSPS) is 33.7. The summed E-state index contributed by atoms with van der Waals surface area (Å²) in [6.45, 7) is 8.27. The summed E-state index contributed by atoms with van der Waals surface area (Å²) in [7, 11) is 0. The zero-order valence-corrected chi connectivity index (χ0v) is 13.9. The Morgan fingerprint density at radius 1 is 1.10 bits per heavy atom. The predicted molar refractivity (Wildman–Crippen MR) is 90.6 cm³/mol. The first kappa shape index (κ1) is 15.1. The average Bonchev–Trinajstić information content (AvgIpc) is 2.92. The van der Waals surface area contributed by atoms with Crippen LogP contribution in [0.5, 0.6) is 0 Å². The van der Waals surface area contributed by atoms with E-state index in [-0.39, 0.29) is 0 Å². The quantitative estimate of drug-likeness (QED) is 0.840. The van der Waals surface area contributed by atoms with E-state index in [0.717, 1.165) is 30.2 Å². The topological polar surface area (TPSA) is 12.0 Å². The van der Waals surface area contributed by atoms with Gasteiger partial charge in [-0.3, -0.25) is 0 Å². The highest BCUT2D eigenvalue weighted by molar-refractivity contribution is 5.36. The molecule has 116 valence electrons. The molecular weight excluding hydrogens is 254 g/mol. The number of nitrogens with one attached hydrogen (secondary N) is 1. The summed E-state index contributed by atoms with van der Waals surface area (Å²) in [5.41, 5.74) is 3.23. The lowest BCUT2D eigenvalue weighted by Crippen LogP contribution is -2.43. The molecule has 1 saturated carbocycles. The van der Waals surface area contributed by atoms with Crippen LogP contribution < -0.4 is 5.32 Å². The standard InChI is InChI=1S/C20H31N/c1-4-21-20(17-10-9-14(2)15(3)13-17)19-12-11-16-7-5-6-8-18(16)19/h5-8,14-15,17,19-21H,4,9-13H2,1-3H3. The van der Waals surface area contributed by atoms with Crippen LogP contribution in [0.25, 0.3) is 0 Å². The molecule has 0 bridgehead atoms. The van der Waals surface area contributed by atoms with Gasteiger partial charge in [0.05, 0.1) is 0 Å². The van der Waals surface area contributed by atoms with E-state index in [4.69, 9.17) is 0 Å². The molecule has 0 aromatic heterocycles. The molecule has 0 spiro atoms. The number of hydrogen-bond acceptors (Lipinski definition) is 1. The molecule has 0 amide bonds. The molecule has 1 aromatic rings. The van der Waals surface area contributed by atoms with Crippen LogP contribution in [-0.2, 0) is 6.42 Å². The number of aryl methyl sites for hydroxylation is 1. The molecule has 0 heterocycles. The van der Waals surface area contributed by atoms with E-state index in [0.29, 0.717) is 6.04 Å². The minimum atomic E-state index is 0.689. The van der Waals surface area contributed by atoms with Gasteiger partial charge in [-0.1, -0.05) is 51.5 Å². The molecule has 21 heavy (non-hydrogen) atoms. The smallest absolute Gasteiger partial charge is 0.0164 e. The van der Waals surface area contributed by atoms with Gasteiger partial charge in [0.1, 0.15) is 0 Å². The fraction of sp³-hybridized carbons (Fsp3) is 0.700. The van der Waals surface area contributed by atoms with Gasteiger partial charge in [0.2, 0.25) is 0 Å². The van der Waals surface area contributed by atoms with Crippen LogP contribution in [0.3, 0.4) is 0 Å². The van der Waals surface area contributed by atoms with Gasteiger partial charge < -0.3 is 5.32 Å². The third-order valence-electron chi connectivity index (χ3n) is 6.20. The summed E-state index contributed by atoms with van der Waals surface area (Å²) in [6.07, 6.45) is 6.88. The molecule has 2 aliphatic rings. The summed E-state index contributed by atoms with van der Waals surface area (Å²) in [6, 6.07) is 9.84. The molecule has 1 fully saturated rings. The van der Waals surface area contributed by atoms with Gasteiger partial charge in [-0.2, -0.15) is 0 Å². The van der Waals surface area contributed by atoms with E-state index in [2.05, 4.69) is 50.4 Å². The van der Waals surface area contributed by atoms with Crippen molar-refractivity contribution >= 4 is 0 Å². The highest BCUT2D eigenvalue weighted by Gasteiger charge is 2.37. The largest absolute Gasteiger partial charge is 0.313 e. The number of fused-ring (bicyclic) bond motifs is 1. The van der Waals surface area contributed by atoms with Crippen LogP contribution in [0.2, 0.25) is 0 Å². The van der Waals surface area contributed by atoms with Crippen LogP contribution in [-0.4, -0.2) is 12.6 Å². The number of benzene rings is 1. The zero-order valence-electron chi connectivity index (χ0n) is 13.9. The van der Waals surface area contributed by atoms with E-state index >= 15 is 0 Å². The van der Waals surface area contributed by atoms with Gasteiger partial charge in [0.15, 0.2) is 0 Å². The third kappa shape index (κ3) is 3.04. The van der Waals surface area contributed by atoms with Crippen LogP contribution in [0.1, 0.15) is 63.5 Å². The lowest BCUT2D eigenvalue weighted by Gasteiger charge is -2.40. The molecule has 1 nitrogen and oxygen atoms in total. The summed E-state index contributed by atoms with van der Waals surface area (Å²) in [4.78, 5) is 0. The lowest BCUT2D eigenvalue weighted by molar-refractivity contribution is 0.158. The SMILES string of the molecule is CCNC(C1CCC(C)C(C)C1)C1CCc2ccccc21. The Labute approximate surface area is 130 Å². The maximum Gasteiger partial charge on any atom is 0.0164 e. The average molecular weight is 285 g/mol. The fourth-order valence-corrected chi connectivity index (χ4v) is 4.75. The lowest BCUT2D eigenvalue weighted by atomic mass is 9.70. The summed E-state index contributed by atoms with van der Waals surface area (Å²) >= 11 is 0. The predicted octanol–water partition coefficient (Wildman–Crippen LogP) is 4.77. The monoisotopic (exact) mass is 285 g/mol. The third-order valence-corrected chi connectivity index (χ3v) is 6.20. The van der Waals surface area contributed by atoms with Crippen molar-refractivity contribution in [2.45, 2.75) is 64.8 Å². The molecule has 1 aromatic carbocycles. The van der Waals surface area contributed by atoms with E-state index in [1.807, 2.05) is 0 Å². The summed E-state index contributed by atoms with van der Waals surface area (Å²) < 4.78 is 0. The summed E-state index contributed by atoms with van der Waals surface area (Å²) in [5, 5.41) is 3.87. The van der Waals surface area contributed by atoms with Gasteiger partial charge in [-0.15, -0.1) is 0 Å². The molecule has 0 saturated heterocycles. The van der Waals surface area contributed by atoms with Crippen molar-refractivity contribution < 1.29 is 0 Å². The van der Waals surface area contributed by atoms with Crippen molar-refractivity contribution in [1.82, 2.24) is 5.32 Å². The van der Waals surface area contributed by atoms with Gasteiger partial charge in [-0.05, 0) is 61.1 Å². The Balaban J connectivity index is 1.79. The molecule has 5 atom stereocenters. The van der Waals surface area contributed by atoms with Gasteiger partial charge in [-0.25, -0.2) is 0 Å². The Hall–Kier alpha value is -0.820. The van der Waals surface area contributed by atoms with Crippen LogP contribution in [0, 0.1) is 17.8 Å². The number of rotatable bonds is 4. The first-order valence-corrected chi connectivity index (χ1v) is 9.01. The zero-order chi connectivity index (χ0) is 14.8. The fourth-order valence-electron chi connectivity index (χ4n) is 4.75. The number of hydrogen-bond donors (Lipinski definition) is 1. The molecular formula is C20H31N. The highest BCUT2D eigenvalue weighted by Crippen LogP contribution is 2.43. The maximum atomic E-state index is 3.87. The first-order chi connectivity index (χ1) is 10.2. The molecule has 0 aliphatic heterocycles. The van der Waals surface area contributed by atoms with Crippen LogP contribution in [0.15, 0.2) is 24.3 Å². The first-order valence-electron chi connectivity index (χ1n) is 9.01. The maximum absolute atomic E-state index is 3.87. The second kappa shape index (κ2) is 6.52. The van der Waals surface area contributed by atoms with E-state index in [1.165, 1.54) is 32.1 Å². The molecule has 1 heteroatoms. The van der Waals surface area contributed by atoms with E-state index in [1.54, 1.807) is 11.1 Å². The van der Waals surface area contributed by atoms with Crippen LogP contribution >= 0.6 is 0 Å². The summed E-state index contributed by atoms with van der Waals surface area (Å²) in [5.74, 6) is 3.42. The van der Waals surface area contributed by atoms with Crippen molar-refractivity contribution in [3.63, 3.8) is 0 Å². The molecule has 0 radical (unpaired) electrons. The minimum absolute atomic E-state index is 0.689. The molecule has 5 unspecified atom stereocenters. The van der Waals surface area contributed by atoms with Crippen molar-refractivity contribution in [3.8, 4) is 0 Å². The molecule has 1 N–H and O–H groups in total. The van der Waals surface area contributed by atoms with Crippen molar-refractivity contribution in [2.24, 2.45) is 17.8 Å². The molecule has 2 aliphatic carbocycles. The highest BCUT2D eigenvalue weighted by atomic mass is 14.9. The number of likely N-dealkylation sites (N-methyl/N-ethyl adjacent to an activating group) is 1. The Morgan fingerprint density at radius 2 is 1.90 bits per heavy atom. The Kier molecular flexibility index (Phi) is 4.69. The van der Waals surface area contributed by atoms with E-state index in [9.17, 15) is 0 Å². The second-order valence-electron chi connectivity index (χ2n) is 7.46. The van der Waals surface area contributed by atoms with Crippen molar-refractivity contribution in [2.75, 3.05) is 6.54 Å². The van der Waals surface area contributed by atoms with Gasteiger partial charge >= 0.3 is 0 Å². The molecule has 3 rings (SSSR count). The van der Waals surface area contributed by atoms with Gasteiger partial charge in [0.25, 0.3) is 0 Å². The Bertz CT molecular complexity index is 467. The van der Waals surface area contributed by atoms with E-state index < -0.39 is 0 Å². The van der Waals surface area contributed by atoms with Gasteiger partial charge in [0, 0.05) is 12.0 Å². The van der Waals surface area contributed by atoms with Crippen molar-refractivity contribution in [1.29, 1.82) is 0 Å². The Morgan fingerprint density at radius 3 is 2.67 bits per heavy atom.